The average molecular weight is 506 g/mol. The quantitative estimate of drug-likeness (QED) is 0.293. The lowest BCUT2D eigenvalue weighted by Gasteiger charge is -2.35. The predicted molar refractivity (Wildman–Crippen MR) is 162 cm³/mol. The van der Waals surface area contributed by atoms with Crippen molar-refractivity contribution >= 4 is 59.1 Å². The van der Waals surface area contributed by atoms with Gasteiger partial charge >= 0.3 is 0 Å². The molecule has 0 aromatic heterocycles. The van der Waals surface area contributed by atoms with Gasteiger partial charge in [0.25, 0.3) is 0 Å². The van der Waals surface area contributed by atoms with E-state index in [1.54, 1.807) is 0 Å². The molecular weight excluding hydrogens is 471 g/mol. The van der Waals surface area contributed by atoms with Crippen LogP contribution in [0.25, 0.3) is 0 Å². The zero-order valence-electron chi connectivity index (χ0n) is 22.3. The normalized spacial score (nSPS) is 13.4. The lowest BCUT2D eigenvalue weighted by molar-refractivity contribution is 0.812. The van der Waals surface area contributed by atoms with Crippen LogP contribution in [-0.4, -0.2) is 15.5 Å². The lowest BCUT2D eigenvalue weighted by atomic mass is 9.34. The standard InChI is InChI=1S/C33H35BClSi/c1-21(2)24-18-27(22(3)4)33(28(19-24)23(5)6)34-29-14-10-11-15-31(29)36(26-12-8-7-9-13-26)32-20-25(35)16-17-30(32)34/h7-23H,1-6H3. The van der Waals surface area contributed by atoms with Gasteiger partial charge in [0.2, 0.25) is 6.71 Å². The summed E-state index contributed by atoms with van der Waals surface area (Å²) in [6, 6.07) is 31.9. The summed E-state index contributed by atoms with van der Waals surface area (Å²) < 4.78 is 0. The second-order valence-electron chi connectivity index (χ2n) is 11.1. The van der Waals surface area contributed by atoms with Gasteiger partial charge in [-0.2, -0.15) is 0 Å². The molecule has 0 amide bonds. The maximum absolute atomic E-state index is 6.69. The zero-order valence-corrected chi connectivity index (χ0v) is 24.0. The summed E-state index contributed by atoms with van der Waals surface area (Å²) in [5, 5.41) is 5.17. The van der Waals surface area contributed by atoms with Crippen molar-refractivity contribution in [2.45, 2.75) is 59.3 Å². The van der Waals surface area contributed by atoms with E-state index in [-0.39, 0.29) is 6.71 Å². The van der Waals surface area contributed by atoms with Gasteiger partial charge in [0.05, 0.1) is 0 Å². The van der Waals surface area contributed by atoms with Crippen LogP contribution in [0.15, 0.2) is 84.9 Å². The Labute approximate surface area is 224 Å². The van der Waals surface area contributed by atoms with Gasteiger partial charge in [-0.3, -0.25) is 0 Å². The first-order valence-corrected chi connectivity index (χ1v) is 15.1. The van der Waals surface area contributed by atoms with Crippen molar-refractivity contribution < 1.29 is 0 Å². The van der Waals surface area contributed by atoms with Gasteiger partial charge in [-0.15, -0.1) is 0 Å². The van der Waals surface area contributed by atoms with Gasteiger partial charge in [0.1, 0.15) is 0 Å². The number of rotatable bonds is 5. The second kappa shape index (κ2) is 10.1. The molecule has 5 rings (SSSR count). The van der Waals surface area contributed by atoms with Gasteiger partial charge in [-0.05, 0) is 46.6 Å². The van der Waals surface area contributed by atoms with E-state index < -0.39 is 8.80 Å². The highest BCUT2D eigenvalue weighted by Crippen LogP contribution is 2.27. The van der Waals surface area contributed by atoms with Crippen molar-refractivity contribution in [2.24, 2.45) is 0 Å². The predicted octanol–water partition coefficient (Wildman–Crippen LogP) is 5.06. The summed E-state index contributed by atoms with van der Waals surface area (Å²) in [7, 11) is -1.17. The van der Waals surface area contributed by atoms with Crippen LogP contribution in [0.1, 0.15) is 76.0 Å². The van der Waals surface area contributed by atoms with E-state index in [0.29, 0.717) is 17.8 Å². The van der Waals surface area contributed by atoms with Crippen LogP contribution in [0, 0.1) is 0 Å². The average Bonchev–Trinajstić information content (AvgIpc) is 2.86. The molecule has 181 valence electrons. The van der Waals surface area contributed by atoms with Gasteiger partial charge in [0, 0.05) is 5.02 Å². The van der Waals surface area contributed by atoms with Crippen LogP contribution in [-0.2, 0) is 0 Å². The molecule has 1 radical (unpaired) electrons. The minimum absolute atomic E-state index is 0.210. The van der Waals surface area contributed by atoms with E-state index in [0.717, 1.165) is 5.02 Å². The molecule has 0 fully saturated rings. The van der Waals surface area contributed by atoms with Gasteiger partial charge in [-0.1, -0.05) is 158 Å². The van der Waals surface area contributed by atoms with Gasteiger partial charge < -0.3 is 0 Å². The van der Waals surface area contributed by atoms with Crippen molar-refractivity contribution in [3.8, 4) is 0 Å². The maximum atomic E-state index is 6.69. The number of benzene rings is 4. The minimum Gasteiger partial charge on any atom is -0.0844 e. The van der Waals surface area contributed by atoms with Crippen LogP contribution < -0.4 is 31.9 Å². The highest BCUT2D eigenvalue weighted by molar-refractivity contribution is 7.11. The Kier molecular flexibility index (Phi) is 7.03. The molecule has 0 saturated heterocycles. The molecule has 0 nitrogen and oxygen atoms in total. The number of hydrogen-bond donors (Lipinski definition) is 0. The van der Waals surface area contributed by atoms with E-state index >= 15 is 0 Å². The molecule has 0 unspecified atom stereocenters. The fourth-order valence-electron chi connectivity index (χ4n) is 5.86. The lowest BCUT2D eigenvalue weighted by Crippen LogP contribution is -2.75. The minimum atomic E-state index is -1.17. The summed E-state index contributed by atoms with van der Waals surface area (Å²) in [4.78, 5) is 0. The van der Waals surface area contributed by atoms with E-state index in [4.69, 9.17) is 11.6 Å². The van der Waals surface area contributed by atoms with E-state index in [1.165, 1.54) is 48.6 Å². The molecule has 1 aliphatic heterocycles. The van der Waals surface area contributed by atoms with Gasteiger partial charge in [-0.25, -0.2) is 0 Å². The van der Waals surface area contributed by atoms with Crippen molar-refractivity contribution in [1.82, 2.24) is 0 Å². The number of fused-ring (bicyclic) bond motifs is 2. The Morgan fingerprint density at radius 3 is 1.81 bits per heavy atom. The highest BCUT2D eigenvalue weighted by Gasteiger charge is 2.40. The van der Waals surface area contributed by atoms with Crippen molar-refractivity contribution in [3.63, 3.8) is 0 Å². The smallest absolute Gasteiger partial charge is 0.0844 e. The molecule has 1 aliphatic rings. The Bertz CT molecular complexity index is 1360. The topological polar surface area (TPSA) is 0 Å². The Hall–Kier alpha value is -2.55. The largest absolute Gasteiger partial charge is 0.241 e. The van der Waals surface area contributed by atoms with Crippen LogP contribution in [0.3, 0.4) is 0 Å². The molecule has 0 atom stereocenters. The Morgan fingerprint density at radius 1 is 0.611 bits per heavy atom. The third-order valence-corrected chi connectivity index (χ3v) is 10.8. The van der Waals surface area contributed by atoms with Crippen LogP contribution in [0.2, 0.25) is 5.02 Å². The van der Waals surface area contributed by atoms with Crippen LogP contribution in [0.5, 0.6) is 0 Å². The molecule has 0 saturated carbocycles. The van der Waals surface area contributed by atoms with Crippen LogP contribution >= 0.6 is 11.6 Å². The summed E-state index contributed by atoms with van der Waals surface area (Å²) in [5.41, 5.74) is 8.82. The van der Waals surface area contributed by atoms with Crippen molar-refractivity contribution in [3.05, 3.63) is 107 Å². The first kappa shape index (κ1) is 25.1. The summed E-state index contributed by atoms with van der Waals surface area (Å²) in [6.07, 6.45) is 0. The number of halogens is 1. The molecule has 3 heteroatoms. The molecule has 4 aromatic rings. The monoisotopic (exact) mass is 505 g/mol. The fourth-order valence-corrected chi connectivity index (χ4v) is 9.15. The van der Waals surface area contributed by atoms with E-state index in [2.05, 4.69) is 126 Å². The molecule has 1 heterocycles. The molecule has 36 heavy (non-hydrogen) atoms. The van der Waals surface area contributed by atoms with Crippen molar-refractivity contribution in [2.75, 3.05) is 0 Å². The Balaban J connectivity index is 1.87. The van der Waals surface area contributed by atoms with E-state index in [9.17, 15) is 0 Å². The third-order valence-electron chi connectivity index (χ3n) is 7.66. The number of hydrogen-bond acceptors (Lipinski definition) is 0. The van der Waals surface area contributed by atoms with E-state index in [1.807, 2.05) is 0 Å². The summed E-state index contributed by atoms with van der Waals surface area (Å²) in [6.45, 7) is 14.2. The molecule has 0 aliphatic carbocycles. The van der Waals surface area contributed by atoms with Crippen LogP contribution in [0.4, 0.5) is 0 Å². The summed E-state index contributed by atoms with van der Waals surface area (Å²) in [5.74, 6) is 1.39. The molecule has 4 aromatic carbocycles. The first-order valence-electron chi connectivity index (χ1n) is 13.3. The Morgan fingerprint density at radius 2 is 1.19 bits per heavy atom. The zero-order chi connectivity index (χ0) is 25.6. The maximum Gasteiger partial charge on any atom is 0.241 e. The highest BCUT2D eigenvalue weighted by atomic mass is 35.5. The fraction of sp³-hybridized carbons (Fsp3) is 0.273. The summed E-state index contributed by atoms with van der Waals surface area (Å²) >= 11 is 6.69. The molecule has 0 spiro atoms. The third kappa shape index (κ3) is 4.40. The molecule has 0 bridgehead atoms. The first-order chi connectivity index (χ1) is 17.3. The molecule has 0 N–H and O–H groups in total. The van der Waals surface area contributed by atoms with Gasteiger partial charge in [0.15, 0.2) is 8.80 Å². The SMILES string of the molecule is CC(C)c1cc(C(C)C)c(B2c3ccccc3[Si](c3ccccc3)c3cc(Cl)ccc32)c(C(C)C)c1. The molecular formula is C33H35BClSi. The van der Waals surface area contributed by atoms with Crippen molar-refractivity contribution in [1.29, 1.82) is 0 Å². The second-order valence-corrected chi connectivity index (χ2v) is 13.9.